The highest BCUT2D eigenvalue weighted by atomic mass is 19.1. The fourth-order valence-electron chi connectivity index (χ4n) is 5.04. The Kier molecular flexibility index (Phi) is 5.86. The van der Waals surface area contributed by atoms with E-state index in [-0.39, 0.29) is 18.0 Å². The second-order valence-electron chi connectivity index (χ2n) is 8.28. The molecule has 28 heavy (non-hydrogen) atoms. The van der Waals surface area contributed by atoms with Gasteiger partial charge in [-0.2, -0.15) is 0 Å². The lowest BCUT2D eigenvalue weighted by atomic mass is 9.72. The number of benzene rings is 2. The predicted octanol–water partition coefficient (Wildman–Crippen LogP) is 5.42. The fourth-order valence-corrected chi connectivity index (χ4v) is 5.04. The number of fused-ring (bicyclic) bond motifs is 1. The zero-order valence-corrected chi connectivity index (χ0v) is 16.6. The van der Waals surface area contributed by atoms with Crippen LogP contribution < -0.4 is 15.2 Å². The number of rotatable bonds is 4. The number of aryl methyl sites for hydroxylation is 1. The van der Waals surface area contributed by atoms with E-state index in [1.807, 2.05) is 0 Å². The van der Waals surface area contributed by atoms with Crippen LogP contribution in [-0.2, 0) is 6.42 Å². The van der Waals surface area contributed by atoms with Gasteiger partial charge in [0.15, 0.2) is 11.6 Å². The Bertz CT molecular complexity index is 809. The van der Waals surface area contributed by atoms with Crippen molar-refractivity contribution < 1.29 is 13.9 Å². The lowest BCUT2D eigenvalue weighted by Gasteiger charge is -2.39. The van der Waals surface area contributed by atoms with Gasteiger partial charge in [0.25, 0.3) is 0 Å². The standard InChI is InChI=1S/C24H30FNO2/c1-27-19-11-13-23(22(25)15-19)28-24-20-9-5-3-6-16(20)10-12-21(24)17-7-2-4-8-18(26)14-17/h3,5-6,9,11,13,15,17-18,21,24H,2,4,7-8,10,12,14,26H2,1H3. The lowest BCUT2D eigenvalue weighted by molar-refractivity contribution is 0.0674. The van der Waals surface area contributed by atoms with Crippen LogP contribution in [0.4, 0.5) is 4.39 Å². The Morgan fingerprint density at radius 3 is 2.68 bits per heavy atom. The summed E-state index contributed by atoms with van der Waals surface area (Å²) in [6.07, 6.45) is 7.75. The molecule has 0 bridgehead atoms. The third kappa shape index (κ3) is 4.02. The Balaban J connectivity index is 1.66. The van der Waals surface area contributed by atoms with Crippen LogP contribution >= 0.6 is 0 Å². The smallest absolute Gasteiger partial charge is 0.168 e. The summed E-state index contributed by atoms with van der Waals surface area (Å²) in [5, 5.41) is 0. The largest absolute Gasteiger partial charge is 0.497 e. The predicted molar refractivity (Wildman–Crippen MR) is 109 cm³/mol. The topological polar surface area (TPSA) is 44.5 Å². The summed E-state index contributed by atoms with van der Waals surface area (Å²) in [4.78, 5) is 0. The van der Waals surface area contributed by atoms with Crippen LogP contribution in [-0.4, -0.2) is 13.2 Å². The van der Waals surface area contributed by atoms with Gasteiger partial charge in [0, 0.05) is 18.0 Å². The van der Waals surface area contributed by atoms with E-state index in [2.05, 4.69) is 24.3 Å². The molecule has 4 unspecified atom stereocenters. The molecule has 0 aliphatic heterocycles. The normalized spacial score (nSPS) is 27.5. The van der Waals surface area contributed by atoms with Crippen LogP contribution in [0.1, 0.15) is 55.8 Å². The van der Waals surface area contributed by atoms with Gasteiger partial charge in [-0.3, -0.25) is 0 Å². The van der Waals surface area contributed by atoms with Gasteiger partial charge in [0.2, 0.25) is 0 Å². The molecule has 150 valence electrons. The monoisotopic (exact) mass is 383 g/mol. The Labute approximate surface area is 167 Å². The molecule has 0 aromatic heterocycles. The highest BCUT2D eigenvalue weighted by molar-refractivity contribution is 5.36. The quantitative estimate of drug-likeness (QED) is 0.717. The fraction of sp³-hybridized carbons (Fsp3) is 0.500. The first-order valence-corrected chi connectivity index (χ1v) is 10.5. The number of hydrogen-bond acceptors (Lipinski definition) is 3. The van der Waals surface area contributed by atoms with Crippen LogP contribution in [0.5, 0.6) is 11.5 Å². The molecule has 1 saturated carbocycles. The Morgan fingerprint density at radius 2 is 1.86 bits per heavy atom. The molecule has 2 aliphatic rings. The van der Waals surface area contributed by atoms with E-state index < -0.39 is 0 Å². The molecule has 4 atom stereocenters. The molecule has 0 amide bonds. The van der Waals surface area contributed by atoms with Crippen LogP contribution in [0, 0.1) is 17.7 Å². The van der Waals surface area contributed by atoms with Gasteiger partial charge in [0.05, 0.1) is 7.11 Å². The van der Waals surface area contributed by atoms with Gasteiger partial charge in [-0.05, 0) is 61.3 Å². The van der Waals surface area contributed by atoms with Crippen molar-refractivity contribution in [1.82, 2.24) is 0 Å². The van der Waals surface area contributed by atoms with E-state index >= 15 is 0 Å². The van der Waals surface area contributed by atoms with Gasteiger partial charge < -0.3 is 15.2 Å². The first-order chi connectivity index (χ1) is 13.7. The highest BCUT2D eigenvalue weighted by Gasteiger charge is 2.37. The minimum absolute atomic E-state index is 0.136. The van der Waals surface area contributed by atoms with Crippen molar-refractivity contribution in [2.45, 2.75) is 57.1 Å². The van der Waals surface area contributed by atoms with Crippen LogP contribution in [0.3, 0.4) is 0 Å². The molecule has 4 heteroatoms. The van der Waals surface area contributed by atoms with E-state index in [9.17, 15) is 4.39 Å². The molecule has 0 radical (unpaired) electrons. The van der Waals surface area contributed by atoms with E-state index in [0.29, 0.717) is 23.3 Å². The van der Waals surface area contributed by atoms with Gasteiger partial charge in [-0.1, -0.05) is 37.1 Å². The van der Waals surface area contributed by atoms with E-state index in [1.165, 1.54) is 43.6 Å². The summed E-state index contributed by atoms with van der Waals surface area (Å²) in [5.74, 6) is 1.31. The molecule has 2 aromatic carbocycles. The summed E-state index contributed by atoms with van der Waals surface area (Å²) in [6.45, 7) is 0. The Morgan fingerprint density at radius 1 is 1.04 bits per heavy atom. The molecular weight excluding hydrogens is 353 g/mol. The average molecular weight is 384 g/mol. The molecule has 2 aromatic rings. The second kappa shape index (κ2) is 8.52. The molecule has 4 rings (SSSR count). The molecule has 0 heterocycles. The maximum atomic E-state index is 14.6. The minimum atomic E-state index is -0.376. The zero-order valence-electron chi connectivity index (χ0n) is 16.6. The average Bonchev–Trinajstić information content (AvgIpc) is 2.93. The van der Waals surface area contributed by atoms with E-state index in [0.717, 1.165) is 25.7 Å². The molecular formula is C24H30FNO2. The molecule has 2 aliphatic carbocycles. The number of hydrogen-bond donors (Lipinski definition) is 1. The SMILES string of the molecule is COc1ccc(OC2c3ccccc3CCC2C2CCCCC(N)C2)c(F)c1. The van der Waals surface area contributed by atoms with Crippen molar-refractivity contribution in [3.05, 3.63) is 59.4 Å². The van der Waals surface area contributed by atoms with Crippen LogP contribution in [0.2, 0.25) is 0 Å². The second-order valence-corrected chi connectivity index (χ2v) is 8.28. The van der Waals surface area contributed by atoms with Crippen LogP contribution in [0.25, 0.3) is 0 Å². The highest BCUT2D eigenvalue weighted by Crippen LogP contribution is 2.45. The first kappa shape index (κ1) is 19.3. The van der Waals surface area contributed by atoms with Crippen molar-refractivity contribution >= 4 is 0 Å². The van der Waals surface area contributed by atoms with Crippen molar-refractivity contribution in [2.75, 3.05) is 7.11 Å². The number of halogens is 1. The molecule has 1 fully saturated rings. The van der Waals surface area contributed by atoms with Crippen LogP contribution in [0.15, 0.2) is 42.5 Å². The molecule has 0 spiro atoms. The summed E-state index contributed by atoms with van der Waals surface area (Å²) in [6, 6.07) is 13.5. The summed E-state index contributed by atoms with van der Waals surface area (Å²) in [7, 11) is 1.54. The summed E-state index contributed by atoms with van der Waals surface area (Å²) in [5.41, 5.74) is 8.88. The molecule has 2 N–H and O–H groups in total. The van der Waals surface area contributed by atoms with Crippen molar-refractivity contribution in [3.63, 3.8) is 0 Å². The third-order valence-electron chi connectivity index (χ3n) is 6.50. The molecule has 0 saturated heterocycles. The zero-order chi connectivity index (χ0) is 19.5. The lowest BCUT2D eigenvalue weighted by Crippen LogP contribution is -2.33. The number of ether oxygens (including phenoxy) is 2. The van der Waals surface area contributed by atoms with Crippen molar-refractivity contribution in [2.24, 2.45) is 17.6 Å². The van der Waals surface area contributed by atoms with Crippen molar-refractivity contribution in [3.8, 4) is 11.5 Å². The van der Waals surface area contributed by atoms with Crippen molar-refractivity contribution in [1.29, 1.82) is 0 Å². The Hall–Kier alpha value is -2.07. The summed E-state index contributed by atoms with van der Waals surface area (Å²) < 4.78 is 26.2. The number of methoxy groups -OCH3 is 1. The molecule has 3 nitrogen and oxygen atoms in total. The van der Waals surface area contributed by atoms with Gasteiger partial charge >= 0.3 is 0 Å². The minimum Gasteiger partial charge on any atom is -0.497 e. The number of nitrogens with two attached hydrogens (primary N) is 1. The van der Waals surface area contributed by atoms with Gasteiger partial charge in [-0.15, -0.1) is 0 Å². The third-order valence-corrected chi connectivity index (χ3v) is 6.50. The van der Waals surface area contributed by atoms with Gasteiger partial charge in [-0.25, -0.2) is 4.39 Å². The van der Waals surface area contributed by atoms with E-state index in [4.69, 9.17) is 15.2 Å². The first-order valence-electron chi connectivity index (χ1n) is 10.5. The maximum Gasteiger partial charge on any atom is 0.168 e. The van der Waals surface area contributed by atoms with E-state index in [1.54, 1.807) is 12.1 Å². The van der Waals surface area contributed by atoms with Gasteiger partial charge in [0.1, 0.15) is 11.9 Å². The maximum absolute atomic E-state index is 14.6. The summed E-state index contributed by atoms with van der Waals surface area (Å²) >= 11 is 0.